The summed E-state index contributed by atoms with van der Waals surface area (Å²) in [5, 5.41) is 3.14. The average molecular weight is 397 g/mol. The number of halogens is 1. The van der Waals surface area contributed by atoms with E-state index in [0.29, 0.717) is 23.7 Å². The Morgan fingerprint density at radius 3 is 2.46 bits per heavy atom. The van der Waals surface area contributed by atoms with E-state index in [0.717, 1.165) is 21.9 Å². The maximum Gasteiger partial charge on any atom is 0.240 e. The van der Waals surface area contributed by atoms with Gasteiger partial charge >= 0.3 is 0 Å². The van der Waals surface area contributed by atoms with E-state index >= 15 is 0 Å². The molecular weight excluding hydrogens is 376 g/mol. The molecule has 26 heavy (non-hydrogen) atoms. The van der Waals surface area contributed by atoms with Gasteiger partial charge in [0.1, 0.15) is 12.3 Å². The van der Waals surface area contributed by atoms with Gasteiger partial charge in [-0.3, -0.25) is 9.10 Å². The van der Waals surface area contributed by atoms with E-state index in [9.17, 15) is 13.2 Å². The maximum absolute atomic E-state index is 12.2. The second kappa shape index (κ2) is 8.91. The zero-order valence-electron chi connectivity index (χ0n) is 14.6. The SMILES string of the molecule is COc1ccc(CCNC(=O)CN(c2cccc(Cl)c2)S(C)(=O)=O)cc1. The highest BCUT2D eigenvalue weighted by atomic mass is 35.5. The molecule has 6 nitrogen and oxygen atoms in total. The summed E-state index contributed by atoms with van der Waals surface area (Å²) in [6.07, 6.45) is 1.68. The fraction of sp³-hybridized carbons (Fsp3) is 0.278. The molecule has 0 bridgehead atoms. The molecule has 2 rings (SSSR count). The topological polar surface area (TPSA) is 75.7 Å². The molecule has 0 spiro atoms. The van der Waals surface area contributed by atoms with E-state index in [4.69, 9.17) is 16.3 Å². The molecule has 1 N–H and O–H groups in total. The van der Waals surface area contributed by atoms with E-state index in [1.54, 1.807) is 25.3 Å². The van der Waals surface area contributed by atoms with Crippen LogP contribution in [0.1, 0.15) is 5.56 Å². The Morgan fingerprint density at radius 2 is 1.88 bits per heavy atom. The Balaban J connectivity index is 1.95. The summed E-state index contributed by atoms with van der Waals surface area (Å²) in [5.74, 6) is 0.381. The van der Waals surface area contributed by atoms with Gasteiger partial charge in [-0.15, -0.1) is 0 Å². The summed E-state index contributed by atoms with van der Waals surface area (Å²) >= 11 is 5.92. The predicted molar refractivity (Wildman–Crippen MR) is 103 cm³/mol. The second-order valence-corrected chi connectivity index (χ2v) is 8.04. The summed E-state index contributed by atoms with van der Waals surface area (Å²) in [7, 11) is -2.01. The lowest BCUT2D eigenvalue weighted by atomic mass is 10.1. The smallest absolute Gasteiger partial charge is 0.240 e. The van der Waals surface area contributed by atoms with Gasteiger partial charge in [0.15, 0.2) is 0 Å². The van der Waals surface area contributed by atoms with E-state index in [2.05, 4.69) is 5.32 Å². The van der Waals surface area contributed by atoms with Gasteiger partial charge in [0, 0.05) is 11.6 Å². The largest absolute Gasteiger partial charge is 0.497 e. The molecule has 1 amide bonds. The van der Waals surface area contributed by atoms with Crippen LogP contribution in [-0.4, -0.2) is 40.8 Å². The van der Waals surface area contributed by atoms with Crippen LogP contribution in [0.4, 0.5) is 5.69 Å². The van der Waals surface area contributed by atoms with E-state index in [1.165, 1.54) is 6.07 Å². The van der Waals surface area contributed by atoms with Crippen molar-refractivity contribution < 1.29 is 17.9 Å². The van der Waals surface area contributed by atoms with Crippen molar-refractivity contribution in [1.29, 1.82) is 0 Å². The summed E-state index contributed by atoms with van der Waals surface area (Å²) in [6, 6.07) is 13.9. The number of hydrogen-bond donors (Lipinski definition) is 1. The molecule has 0 atom stereocenters. The van der Waals surface area contributed by atoms with Crippen molar-refractivity contribution in [3.05, 3.63) is 59.1 Å². The van der Waals surface area contributed by atoms with Crippen molar-refractivity contribution in [2.75, 3.05) is 30.8 Å². The van der Waals surface area contributed by atoms with Crippen molar-refractivity contribution in [3.63, 3.8) is 0 Å². The fourth-order valence-corrected chi connectivity index (χ4v) is 3.39. The first-order valence-electron chi connectivity index (χ1n) is 7.92. The van der Waals surface area contributed by atoms with Gasteiger partial charge in [-0.25, -0.2) is 8.42 Å². The minimum atomic E-state index is -3.61. The third-order valence-electron chi connectivity index (χ3n) is 3.68. The molecular formula is C18H21ClN2O4S. The van der Waals surface area contributed by atoms with Crippen LogP contribution in [0.25, 0.3) is 0 Å². The Hall–Kier alpha value is -2.25. The van der Waals surface area contributed by atoms with Gasteiger partial charge in [-0.2, -0.15) is 0 Å². The normalized spacial score (nSPS) is 11.0. The standard InChI is InChI=1S/C18H21ClN2O4S/c1-25-17-8-6-14(7-9-17)10-11-20-18(22)13-21(26(2,23)24)16-5-3-4-15(19)12-16/h3-9,12H,10-11,13H2,1-2H3,(H,20,22). The number of hydrogen-bond acceptors (Lipinski definition) is 4. The molecule has 0 aliphatic rings. The molecule has 0 heterocycles. The third kappa shape index (κ3) is 5.93. The molecule has 0 aliphatic heterocycles. The first kappa shape index (κ1) is 20.1. The highest BCUT2D eigenvalue weighted by molar-refractivity contribution is 7.92. The van der Waals surface area contributed by atoms with E-state index in [-0.39, 0.29) is 12.5 Å². The first-order valence-corrected chi connectivity index (χ1v) is 10.1. The number of anilines is 1. The van der Waals surface area contributed by atoms with Gasteiger partial charge in [0.25, 0.3) is 0 Å². The van der Waals surface area contributed by atoms with Crippen LogP contribution in [-0.2, 0) is 21.2 Å². The minimum Gasteiger partial charge on any atom is -0.497 e. The Morgan fingerprint density at radius 1 is 1.19 bits per heavy atom. The molecule has 8 heteroatoms. The Labute approximate surface area is 158 Å². The molecule has 0 radical (unpaired) electrons. The number of methoxy groups -OCH3 is 1. The van der Waals surface area contributed by atoms with E-state index < -0.39 is 10.0 Å². The monoisotopic (exact) mass is 396 g/mol. The molecule has 2 aromatic rings. The number of carbonyl (C=O) groups is 1. The molecule has 2 aromatic carbocycles. The first-order chi connectivity index (χ1) is 12.3. The van der Waals surface area contributed by atoms with Crippen LogP contribution in [0.15, 0.2) is 48.5 Å². The molecule has 0 fully saturated rings. The van der Waals surface area contributed by atoms with Crippen molar-refractivity contribution in [1.82, 2.24) is 5.32 Å². The lowest BCUT2D eigenvalue weighted by Gasteiger charge is -2.22. The zero-order valence-corrected chi connectivity index (χ0v) is 16.2. The van der Waals surface area contributed by atoms with Gasteiger partial charge in [-0.05, 0) is 42.3 Å². The lowest BCUT2D eigenvalue weighted by Crippen LogP contribution is -2.40. The fourth-order valence-electron chi connectivity index (χ4n) is 2.36. The molecule has 0 saturated carbocycles. The highest BCUT2D eigenvalue weighted by Crippen LogP contribution is 2.21. The van der Waals surface area contributed by atoms with Crippen molar-refractivity contribution in [2.45, 2.75) is 6.42 Å². The van der Waals surface area contributed by atoms with E-state index in [1.807, 2.05) is 24.3 Å². The van der Waals surface area contributed by atoms with Crippen LogP contribution >= 0.6 is 11.6 Å². The lowest BCUT2D eigenvalue weighted by molar-refractivity contribution is -0.119. The van der Waals surface area contributed by atoms with Crippen molar-refractivity contribution >= 4 is 33.2 Å². The molecule has 140 valence electrons. The van der Waals surface area contributed by atoms with Crippen LogP contribution in [0, 0.1) is 0 Å². The zero-order chi connectivity index (χ0) is 19.2. The number of benzene rings is 2. The molecule has 0 saturated heterocycles. The van der Waals surface area contributed by atoms with Crippen molar-refractivity contribution in [3.8, 4) is 5.75 Å². The molecule has 0 aromatic heterocycles. The van der Waals surface area contributed by atoms with Gasteiger partial charge in [0.2, 0.25) is 15.9 Å². The number of sulfonamides is 1. The number of nitrogens with zero attached hydrogens (tertiary/aromatic N) is 1. The van der Waals surface area contributed by atoms with Crippen LogP contribution < -0.4 is 14.4 Å². The molecule has 0 aliphatic carbocycles. The number of amides is 1. The number of carbonyl (C=O) groups excluding carboxylic acids is 1. The summed E-state index contributed by atoms with van der Waals surface area (Å²) < 4.78 is 30.2. The second-order valence-electron chi connectivity index (χ2n) is 5.70. The number of ether oxygens (including phenoxy) is 1. The van der Waals surface area contributed by atoms with Gasteiger partial charge in [-0.1, -0.05) is 29.8 Å². The average Bonchev–Trinajstić information content (AvgIpc) is 2.59. The maximum atomic E-state index is 12.2. The minimum absolute atomic E-state index is 0.304. The van der Waals surface area contributed by atoms with Crippen LogP contribution in [0.2, 0.25) is 5.02 Å². The Kier molecular flexibility index (Phi) is 6.88. The van der Waals surface area contributed by atoms with Crippen LogP contribution in [0.5, 0.6) is 5.75 Å². The quantitative estimate of drug-likeness (QED) is 0.743. The summed E-state index contributed by atoms with van der Waals surface area (Å²) in [5.41, 5.74) is 1.39. The third-order valence-corrected chi connectivity index (χ3v) is 5.05. The Bertz CT molecular complexity index is 854. The number of nitrogens with one attached hydrogen (secondary N) is 1. The number of rotatable bonds is 8. The highest BCUT2D eigenvalue weighted by Gasteiger charge is 2.20. The van der Waals surface area contributed by atoms with Gasteiger partial charge < -0.3 is 10.1 Å². The van der Waals surface area contributed by atoms with Crippen molar-refractivity contribution in [2.24, 2.45) is 0 Å². The predicted octanol–water partition coefficient (Wildman–Crippen LogP) is 2.47. The molecule has 0 unspecified atom stereocenters. The van der Waals surface area contributed by atoms with Crippen LogP contribution in [0.3, 0.4) is 0 Å². The van der Waals surface area contributed by atoms with Gasteiger partial charge in [0.05, 0.1) is 19.1 Å². The summed E-state index contributed by atoms with van der Waals surface area (Å²) in [6.45, 7) is 0.0973. The summed E-state index contributed by atoms with van der Waals surface area (Å²) in [4.78, 5) is 12.2.